The van der Waals surface area contributed by atoms with Gasteiger partial charge in [0.15, 0.2) is 17.8 Å². The number of aryl methyl sites for hydroxylation is 1. The zero-order chi connectivity index (χ0) is 26.7. The normalized spacial score (nSPS) is 15.7. The van der Waals surface area contributed by atoms with Crippen LogP contribution in [0.1, 0.15) is 57.1 Å². The minimum absolute atomic E-state index is 0.116. The molecule has 7 heteroatoms. The van der Waals surface area contributed by atoms with Crippen LogP contribution in [0.4, 0.5) is 16.2 Å². The Morgan fingerprint density at radius 1 is 1.08 bits per heavy atom. The number of urea groups is 1. The van der Waals surface area contributed by atoms with Gasteiger partial charge >= 0.3 is 6.03 Å². The third kappa shape index (κ3) is 5.83. The monoisotopic (exact) mass is 511 g/mol. The molecule has 2 amide bonds. The number of hydrogen-bond donors (Lipinski definition) is 2. The maximum absolute atomic E-state index is 13.1. The van der Waals surface area contributed by atoms with Crippen molar-refractivity contribution in [2.24, 2.45) is 0 Å². The molecule has 0 bridgehead atoms. The van der Waals surface area contributed by atoms with Crippen molar-refractivity contribution in [1.82, 2.24) is 4.98 Å². The highest BCUT2D eigenvalue weighted by molar-refractivity contribution is 6.09. The lowest BCUT2D eigenvalue weighted by molar-refractivity contribution is -0.154. The first-order chi connectivity index (χ1) is 18.3. The summed E-state index contributed by atoms with van der Waals surface area (Å²) in [6.45, 7) is 9.22. The van der Waals surface area contributed by atoms with Crippen LogP contribution in [-0.4, -0.2) is 30.5 Å². The predicted octanol–water partition coefficient (Wildman–Crippen LogP) is 7.13. The molecule has 1 fully saturated rings. The van der Waals surface area contributed by atoms with Gasteiger partial charge in [0, 0.05) is 24.5 Å². The number of oxazole rings is 1. The minimum atomic E-state index is -0.365. The fourth-order valence-corrected chi connectivity index (χ4v) is 4.57. The number of hydrogen-bond acceptors (Lipinski definition) is 5. The third-order valence-electron chi connectivity index (χ3n) is 6.59. The van der Waals surface area contributed by atoms with Gasteiger partial charge in [-0.2, -0.15) is 0 Å². The topological polar surface area (TPSA) is 85.6 Å². The highest BCUT2D eigenvalue weighted by atomic mass is 16.7. The van der Waals surface area contributed by atoms with Gasteiger partial charge in [-0.3, -0.25) is 0 Å². The molecule has 1 aliphatic rings. The Hall–Kier alpha value is -3.86. The summed E-state index contributed by atoms with van der Waals surface area (Å²) in [4.78, 5) is 17.6. The van der Waals surface area contributed by atoms with Crippen molar-refractivity contribution >= 4 is 39.3 Å². The molecule has 1 atom stereocenters. The van der Waals surface area contributed by atoms with Crippen molar-refractivity contribution in [1.29, 1.82) is 0 Å². The average molecular weight is 512 g/mol. The summed E-state index contributed by atoms with van der Waals surface area (Å²) < 4.78 is 17.1. The molecule has 1 aromatic heterocycles. The molecule has 0 saturated carbocycles. The van der Waals surface area contributed by atoms with Crippen LogP contribution in [-0.2, 0) is 14.9 Å². The highest BCUT2D eigenvalue weighted by Crippen LogP contribution is 2.33. The first-order valence-corrected chi connectivity index (χ1v) is 13.0. The number of fused-ring (bicyclic) bond motifs is 2. The molecule has 4 aromatic rings. The van der Waals surface area contributed by atoms with Gasteiger partial charge in [0.25, 0.3) is 0 Å². The molecule has 38 heavy (non-hydrogen) atoms. The standard InChI is InChI=1S/C31H33N3O4/c1-20-32-26-18-22(31(2,3)4)19-27(29(26)38-20)34-30(35)33-25-15-14-21(23-11-5-6-12-24(23)25)10-9-17-37-28-13-7-8-16-36-28/h5-6,11-12,14-15,18-19,28H,7-8,13,16-17H2,1-4H3,(H2,33,34,35). The highest BCUT2D eigenvalue weighted by Gasteiger charge is 2.20. The van der Waals surface area contributed by atoms with E-state index in [9.17, 15) is 4.79 Å². The Bertz CT molecular complexity index is 1530. The molecule has 0 radical (unpaired) electrons. The van der Waals surface area contributed by atoms with Gasteiger partial charge in [-0.15, -0.1) is 0 Å². The van der Waals surface area contributed by atoms with Gasteiger partial charge in [-0.05, 0) is 59.9 Å². The number of benzene rings is 3. The van der Waals surface area contributed by atoms with Crippen LogP contribution in [0, 0.1) is 18.8 Å². The molecule has 196 valence electrons. The van der Waals surface area contributed by atoms with Crippen LogP contribution in [0.2, 0.25) is 0 Å². The van der Waals surface area contributed by atoms with E-state index in [2.05, 4.69) is 48.2 Å². The van der Waals surface area contributed by atoms with Crippen molar-refractivity contribution in [3.05, 3.63) is 65.5 Å². The van der Waals surface area contributed by atoms with E-state index in [1.165, 1.54) is 0 Å². The van der Waals surface area contributed by atoms with Crippen molar-refractivity contribution in [2.75, 3.05) is 23.8 Å². The number of amides is 2. The largest absolute Gasteiger partial charge is 0.439 e. The Balaban J connectivity index is 1.35. The second-order valence-electron chi connectivity index (χ2n) is 10.5. The number of nitrogens with one attached hydrogen (secondary N) is 2. The van der Waals surface area contributed by atoms with Crippen LogP contribution in [0.3, 0.4) is 0 Å². The molecule has 1 aliphatic heterocycles. The maximum atomic E-state index is 13.1. The van der Waals surface area contributed by atoms with E-state index < -0.39 is 0 Å². The molecule has 1 unspecified atom stereocenters. The quantitative estimate of drug-likeness (QED) is 0.285. The first-order valence-electron chi connectivity index (χ1n) is 13.0. The van der Waals surface area contributed by atoms with E-state index in [4.69, 9.17) is 13.9 Å². The number of ether oxygens (including phenoxy) is 2. The summed E-state index contributed by atoms with van der Waals surface area (Å²) in [5.41, 5.74) is 4.36. The zero-order valence-electron chi connectivity index (χ0n) is 22.3. The van der Waals surface area contributed by atoms with Gasteiger partial charge in [-0.1, -0.05) is 56.9 Å². The van der Waals surface area contributed by atoms with Gasteiger partial charge in [-0.25, -0.2) is 9.78 Å². The minimum Gasteiger partial charge on any atom is -0.439 e. The lowest BCUT2D eigenvalue weighted by Gasteiger charge is -2.21. The summed E-state index contributed by atoms with van der Waals surface area (Å²) in [6.07, 6.45) is 2.96. The Kier molecular flexibility index (Phi) is 7.37. The van der Waals surface area contributed by atoms with Crippen LogP contribution in [0.25, 0.3) is 21.9 Å². The van der Waals surface area contributed by atoms with Gasteiger partial charge in [0.2, 0.25) is 0 Å². The number of carbonyl (C=O) groups is 1. The average Bonchev–Trinajstić information content (AvgIpc) is 3.28. The molecule has 1 saturated heterocycles. The maximum Gasteiger partial charge on any atom is 0.323 e. The number of carbonyl (C=O) groups excluding carboxylic acids is 1. The van der Waals surface area contributed by atoms with Crippen molar-refractivity contribution in [2.45, 2.75) is 58.7 Å². The third-order valence-corrected chi connectivity index (χ3v) is 6.59. The Morgan fingerprint density at radius 3 is 2.63 bits per heavy atom. The molecular weight excluding hydrogens is 478 g/mol. The van der Waals surface area contributed by atoms with Crippen molar-refractivity contribution in [3.63, 3.8) is 0 Å². The van der Waals surface area contributed by atoms with Crippen LogP contribution in [0.15, 0.2) is 52.9 Å². The SMILES string of the molecule is Cc1nc2cc(C(C)(C)C)cc(NC(=O)Nc3ccc(C#CCOC4CCCCO4)c4ccccc34)c2o1. The summed E-state index contributed by atoms with van der Waals surface area (Å²) in [6, 6.07) is 15.3. The van der Waals surface area contributed by atoms with Gasteiger partial charge < -0.3 is 24.5 Å². The summed E-state index contributed by atoms with van der Waals surface area (Å²) in [5.74, 6) is 6.86. The zero-order valence-corrected chi connectivity index (χ0v) is 22.3. The smallest absolute Gasteiger partial charge is 0.323 e. The summed E-state index contributed by atoms with van der Waals surface area (Å²) >= 11 is 0. The summed E-state index contributed by atoms with van der Waals surface area (Å²) in [5, 5.41) is 7.82. The molecule has 0 aliphatic carbocycles. The van der Waals surface area contributed by atoms with Crippen LogP contribution < -0.4 is 10.6 Å². The van der Waals surface area contributed by atoms with E-state index in [-0.39, 0.29) is 17.7 Å². The van der Waals surface area contributed by atoms with Crippen LogP contribution >= 0.6 is 0 Å². The van der Waals surface area contributed by atoms with E-state index >= 15 is 0 Å². The fourth-order valence-electron chi connectivity index (χ4n) is 4.57. The number of anilines is 2. The molecule has 7 nitrogen and oxygen atoms in total. The predicted molar refractivity (Wildman–Crippen MR) is 150 cm³/mol. The molecule has 2 heterocycles. The van der Waals surface area contributed by atoms with Gasteiger partial charge in [0.05, 0.1) is 11.4 Å². The molecule has 0 spiro atoms. The molecular formula is C31H33N3O4. The molecule has 2 N–H and O–H groups in total. The number of rotatable bonds is 4. The number of aromatic nitrogens is 1. The lowest BCUT2D eigenvalue weighted by atomic mass is 9.86. The van der Waals surface area contributed by atoms with E-state index in [0.29, 0.717) is 29.5 Å². The van der Waals surface area contributed by atoms with Crippen molar-refractivity contribution < 1.29 is 18.7 Å². The lowest BCUT2D eigenvalue weighted by Crippen LogP contribution is -2.22. The van der Waals surface area contributed by atoms with E-state index in [0.717, 1.165) is 53.3 Å². The van der Waals surface area contributed by atoms with Crippen molar-refractivity contribution in [3.8, 4) is 11.8 Å². The molecule has 3 aromatic carbocycles. The number of nitrogens with zero attached hydrogens (tertiary/aromatic N) is 1. The second kappa shape index (κ2) is 10.9. The van der Waals surface area contributed by atoms with Crippen LogP contribution in [0.5, 0.6) is 0 Å². The second-order valence-corrected chi connectivity index (χ2v) is 10.5. The van der Waals surface area contributed by atoms with E-state index in [1.54, 1.807) is 6.92 Å². The van der Waals surface area contributed by atoms with Gasteiger partial charge in [0.1, 0.15) is 12.1 Å². The summed E-state index contributed by atoms with van der Waals surface area (Å²) in [7, 11) is 0. The Morgan fingerprint density at radius 2 is 1.87 bits per heavy atom. The fraction of sp³-hybridized carbons (Fsp3) is 0.355. The Labute approximate surface area is 222 Å². The first kappa shape index (κ1) is 25.8. The van der Waals surface area contributed by atoms with E-state index in [1.807, 2.05) is 48.5 Å². The molecule has 5 rings (SSSR count).